The van der Waals surface area contributed by atoms with Gasteiger partial charge in [-0.2, -0.15) is 0 Å². The summed E-state index contributed by atoms with van der Waals surface area (Å²) < 4.78 is 68.3. The van der Waals surface area contributed by atoms with Crippen molar-refractivity contribution < 1.29 is 80.2 Å². The zero-order valence-electron chi connectivity index (χ0n) is 58.3. The Morgan fingerprint density at radius 2 is 0.533 bits per heavy atom. The van der Waals surface area contributed by atoms with Crippen LogP contribution in [-0.4, -0.2) is 96.7 Å². The Labute approximate surface area is 549 Å². The molecule has 0 aromatic rings. The molecule has 0 fully saturated rings. The van der Waals surface area contributed by atoms with Crippen LogP contribution in [0, 0.1) is 5.92 Å². The fraction of sp³-hybridized carbons (Fsp3) is 0.944. The Morgan fingerprint density at radius 3 is 0.789 bits per heavy atom. The Hall–Kier alpha value is -1.94. The molecule has 0 radical (unpaired) electrons. The van der Waals surface area contributed by atoms with Gasteiger partial charge in [-0.1, -0.05) is 317 Å². The summed E-state index contributed by atoms with van der Waals surface area (Å²) in [6.45, 7) is 7.19. The van der Waals surface area contributed by atoms with Crippen molar-refractivity contribution in [2.24, 2.45) is 5.92 Å². The van der Waals surface area contributed by atoms with E-state index in [1.165, 1.54) is 193 Å². The molecule has 534 valence electrons. The predicted molar refractivity (Wildman–Crippen MR) is 363 cm³/mol. The van der Waals surface area contributed by atoms with Crippen LogP contribution < -0.4 is 0 Å². The Bertz CT molecular complexity index is 1740. The molecule has 6 atom stereocenters. The lowest BCUT2D eigenvalue weighted by Crippen LogP contribution is -2.30. The van der Waals surface area contributed by atoms with Gasteiger partial charge in [-0.25, -0.2) is 9.13 Å². The average molecular weight is 1330 g/mol. The molecule has 0 heterocycles. The van der Waals surface area contributed by atoms with E-state index in [1.54, 1.807) is 0 Å². The summed E-state index contributed by atoms with van der Waals surface area (Å²) in [5, 5.41) is 10.6. The molecule has 0 aromatic carbocycles. The van der Waals surface area contributed by atoms with Crippen molar-refractivity contribution in [3.63, 3.8) is 0 Å². The van der Waals surface area contributed by atoms with Gasteiger partial charge in [0.05, 0.1) is 26.4 Å². The second-order valence-electron chi connectivity index (χ2n) is 25.9. The van der Waals surface area contributed by atoms with Crippen molar-refractivity contribution in [1.82, 2.24) is 0 Å². The number of ether oxygens (including phenoxy) is 4. The molecule has 3 N–H and O–H groups in total. The fourth-order valence-corrected chi connectivity index (χ4v) is 12.4. The van der Waals surface area contributed by atoms with E-state index in [1.807, 2.05) is 0 Å². The topological polar surface area (TPSA) is 237 Å². The molecule has 0 aliphatic heterocycles. The lowest BCUT2D eigenvalue weighted by Gasteiger charge is -2.21. The minimum absolute atomic E-state index is 0.103. The maximum atomic E-state index is 13.0. The van der Waals surface area contributed by atoms with Gasteiger partial charge in [0.15, 0.2) is 12.2 Å². The quantitative estimate of drug-likeness (QED) is 0.0222. The standard InChI is InChI=1S/C71H138O17P2/c1-6-10-13-16-19-22-24-26-27-28-29-30-32-34-37-40-46-51-56-70(75)87-66(60-82-69(74)55-50-45-39-36-33-31-25-23-20-17-14-11-7-2)62-85-89(77,78)83-58-65(72)59-84-90(79,80)86-63-67(61-81-68(73)54-49-44-38-35-21-18-15-12-8-3)88-71(76)57-52-47-42-41-43-48-53-64(5)9-4/h64-67,72H,6-63H2,1-5H3,(H,77,78)(H,79,80)/t64?,65-,66-,67-/m1/s1. The van der Waals surface area contributed by atoms with E-state index in [9.17, 15) is 43.2 Å². The van der Waals surface area contributed by atoms with Gasteiger partial charge >= 0.3 is 39.5 Å². The molecular formula is C71H138O17P2. The average Bonchev–Trinajstić information content (AvgIpc) is 3.62. The third-order valence-corrected chi connectivity index (χ3v) is 18.8. The first-order valence-corrected chi connectivity index (χ1v) is 40.2. The summed E-state index contributed by atoms with van der Waals surface area (Å²) in [4.78, 5) is 72.5. The lowest BCUT2D eigenvalue weighted by atomic mass is 10.00. The summed E-state index contributed by atoms with van der Waals surface area (Å²) in [6, 6.07) is 0. The van der Waals surface area contributed by atoms with Gasteiger partial charge in [0.1, 0.15) is 19.3 Å². The van der Waals surface area contributed by atoms with Gasteiger partial charge in [-0.05, 0) is 31.6 Å². The number of carbonyl (C=O) groups excluding carboxylic acids is 4. The number of esters is 4. The van der Waals surface area contributed by atoms with Crippen molar-refractivity contribution in [3.8, 4) is 0 Å². The normalized spacial score (nSPS) is 14.4. The highest BCUT2D eigenvalue weighted by Crippen LogP contribution is 2.45. The van der Waals surface area contributed by atoms with Crippen molar-refractivity contribution >= 4 is 39.5 Å². The van der Waals surface area contributed by atoms with Gasteiger partial charge < -0.3 is 33.8 Å². The van der Waals surface area contributed by atoms with Crippen molar-refractivity contribution in [1.29, 1.82) is 0 Å². The molecular weight excluding hydrogens is 1190 g/mol. The number of aliphatic hydroxyl groups is 1. The van der Waals surface area contributed by atoms with E-state index >= 15 is 0 Å². The molecule has 90 heavy (non-hydrogen) atoms. The van der Waals surface area contributed by atoms with Gasteiger partial charge in [0.25, 0.3) is 0 Å². The van der Waals surface area contributed by atoms with E-state index in [0.717, 1.165) is 95.8 Å². The molecule has 0 saturated carbocycles. The fourth-order valence-electron chi connectivity index (χ4n) is 10.8. The number of phosphoric ester groups is 2. The van der Waals surface area contributed by atoms with Crippen LogP contribution in [0.2, 0.25) is 0 Å². The van der Waals surface area contributed by atoms with Crippen LogP contribution in [0.1, 0.15) is 369 Å². The largest absolute Gasteiger partial charge is 0.472 e. The molecule has 17 nitrogen and oxygen atoms in total. The van der Waals surface area contributed by atoms with Crippen LogP contribution in [0.4, 0.5) is 0 Å². The van der Waals surface area contributed by atoms with Crippen LogP contribution in [0.5, 0.6) is 0 Å². The van der Waals surface area contributed by atoms with Crippen LogP contribution in [-0.2, 0) is 65.4 Å². The van der Waals surface area contributed by atoms with E-state index in [-0.39, 0.29) is 25.7 Å². The summed E-state index contributed by atoms with van der Waals surface area (Å²) >= 11 is 0. The molecule has 3 unspecified atom stereocenters. The first kappa shape index (κ1) is 88.1. The number of carbonyl (C=O) groups is 4. The second-order valence-corrected chi connectivity index (χ2v) is 28.8. The predicted octanol–water partition coefficient (Wildman–Crippen LogP) is 20.5. The SMILES string of the molecule is CCCCCCCCCCCCCCCCCCCCC(=O)O[C@H](COC(=O)CCCCCCCCCCCCCCC)COP(=O)(O)OC[C@@H](O)COP(=O)(O)OC[C@@H](COC(=O)CCCCCCCCCCC)OC(=O)CCCCCCCCC(C)CC. The molecule has 0 amide bonds. The molecule has 0 aliphatic rings. The summed E-state index contributed by atoms with van der Waals surface area (Å²) in [6.07, 6.45) is 51.4. The first-order valence-electron chi connectivity index (χ1n) is 37.2. The number of unbranched alkanes of at least 4 members (excludes halogenated alkanes) is 42. The highest BCUT2D eigenvalue weighted by molar-refractivity contribution is 7.47. The van der Waals surface area contributed by atoms with Gasteiger partial charge in [0, 0.05) is 25.7 Å². The highest BCUT2D eigenvalue weighted by atomic mass is 31.2. The maximum Gasteiger partial charge on any atom is 0.472 e. The monoisotopic (exact) mass is 1320 g/mol. The number of hydrogen-bond donors (Lipinski definition) is 3. The van der Waals surface area contributed by atoms with Crippen molar-refractivity contribution in [2.75, 3.05) is 39.6 Å². The molecule has 0 bridgehead atoms. The van der Waals surface area contributed by atoms with Gasteiger partial charge in [-0.3, -0.25) is 37.3 Å². The number of rotatable bonds is 71. The Kier molecular flexibility index (Phi) is 63.0. The minimum Gasteiger partial charge on any atom is -0.462 e. The van der Waals surface area contributed by atoms with Crippen LogP contribution in [0.15, 0.2) is 0 Å². The molecule has 0 aromatic heterocycles. The van der Waals surface area contributed by atoms with Crippen molar-refractivity contribution in [3.05, 3.63) is 0 Å². The Balaban J connectivity index is 5.21. The zero-order valence-corrected chi connectivity index (χ0v) is 60.1. The zero-order chi connectivity index (χ0) is 66.3. The van der Waals surface area contributed by atoms with Gasteiger partial charge in [-0.15, -0.1) is 0 Å². The summed E-state index contributed by atoms with van der Waals surface area (Å²) in [5.74, 6) is -1.40. The van der Waals surface area contributed by atoms with Crippen LogP contribution in [0.3, 0.4) is 0 Å². The summed E-state index contributed by atoms with van der Waals surface area (Å²) in [5.41, 5.74) is 0. The van der Waals surface area contributed by atoms with Crippen LogP contribution >= 0.6 is 15.6 Å². The Morgan fingerprint density at radius 1 is 0.311 bits per heavy atom. The second kappa shape index (κ2) is 64.4. The van der Waals surface area contributed by atoms with E-state index in [0.29, 0.717) is 25.7 Å². The molecule has 0 saturated heterocycles. The van der Waals surface area contributed by atoms with Crippen LogP contribution in [0.25, 0.3) is 0 Å². The smallest absolute Gasteiger partial charge is 0.462 e. The van der Waals surface area contributed by atoms with Gasteiger partial charge in [0.2, 0.25) is 0 Å². The first-order chi connectivity index (χ1) is 43.6. The minimum atomic E-state index is -4.95. The van der Waals surface area contributed by atoms with E-state index in [4.69, 9.17) is 37.0 Å². The number of hydrogen-bond acceptors (Lipinski definition) is 15. The highest BCUT2D eigenvalue weighted by Gasteiger charge is 2.30. The number of phosphoric acid groups is 2. The van der Waals surface area contributed by atoms with Crippen molar-refractivity contribution in [2.45, 2.75) is 387 Å². The third-order valence-electron chi connectivity index (χ3n) is 16.9. The van der Waals surface area contributed by atoms with E-state index in [2.05, 4.69) is 34.6 Å². The molecule has 19 heteroatoms. The number of aliphatic hydroxyl groups excluding tert-OH is 1. The molecule has 0 aliphatic carbocycles. The summed E-state index contributed by atoms with van der Waals surface area (Å²) in [7, 11) is -9.90. The molecule has 0 rings (SSSR count). The molecule has 0 spiro atoms. The maximum absolute atomic E-state index is 13.0. The third kappa shape index (κ3) is 63.5. The van der Waals surface area contributed by atoms with E-state index < -0.39 is 97.5 Å². The lowest BCUT2D eigenvalue weighted by molar-refractivity contribution is -0.161.